The van der Waals surface area contributed by atoms with Gasteiger partial charge in [-0.15, -0.1) is 11.6 Å². The minimum atomic E-state index is -0.0836. The van der Waals surface area contributed by atoms with E-state index in [4.69, 9.17) is 11.6 Å². The van der Waals surface area contributed by atoms with Crippen molar-refractivity contribution < 1.29 is 0 Å². The summed E-state index contributed by atoms with van der Waals surface area (Å²) in [6, 6.07) is 0.142. The lowest BCUT2D eigenvalue weighted by molar-refractivity contribution is 0.575. The van der Waals surface area contributed by atoms with Gasteiger partial charge < -0.3 is 9.88 Å². The molecule has 1 rings (SSSR count). The van der Waals surface area contributed by atoms with Gasteiger partial charge in [-0.3, -0.25) is 4.79 Å². The van der Waals surface area contributed by atoms with E-state index in [2.05, 4.69) is 10.3 Å². The average molecular weight is 244 g/mol. The van der Waals surface area contributed by atoms with E-state index in [1.54, 1.807) is 17.0 Å². The molecule has 4 nitrogen and oxygen atoms in total. The van der Waals surface area contributed by atoms with Crippen molar-refractivity contribution in [2.75, 3.05) is 11.9 Å². The molecule has 0 bridgehead atoms. The van der Waals surface area contributed by atoms with Crippen molar-refractivity contribution in [3.63, 3.8) is 0 Å². The predicted octanol–water partition coefficient (Wildman–Crippen LogP) is 2.25. The molecular weight excluding hydrogens is 226 g/mol. The molecule has 90 valence electrons. The monoisotopic (exact) mass is 243 g/mol. The van der Waals surface area contributed by atoms with Crippen LogP contribution in [0, 0.1) is 0 Å². The Labute approximate surface area is 101 Å². The van der Waals surface area contributed by atoms with Crippen molar-refractivity contribution in [2.24, 2.45) is 0 Å². The van der Waals surface area contributed by atoms with E-state index in [-0.39, 0.29) is 17.0 Å². The number of aromatic nitrogens is 2. The molecule has 0 aliphatic carbocycles. The van der Waals surface area contributed by atoms with Crippen LogP contribution in [0.15, 0.2) is 17.2 Å². The molecule has 1 heterocycles. The van der Waals surface area contributed by atoms with Crippen molar-refractivity contribution in [3.8, 4) is 0 Å². The summed E-state index contributed by atoms with van der Waals surface area (Å²) in [7, 11) is 0. The second-order valence-electron chi connectivity index (χ2n) is 4.08. The standard InChI is InChI=1S/C11H18ClN3O/c1-8(2)15-7-6-14-10(11(15)16)13-5-4-9(3)12/h6-9H,4-5H2,1-3H3,(H,13,14). The lowest BCUT2D eigenvalue weighted by atomic mass is 10.3. The number of hydrogen-bond acceptors (Lipinski definition) is 3. The first-order valence-electron chi connectivity index (χ1n) is 5.47. The van der Waals surface area contributed by atoms with Gasteiger partial charge in [0, 0.05) is 30.4 Å². The number of nitrogens with zero attached hydrogens (tertiary/aromatic N) is 2. The third-order valence-corrected chi connectivity index (χ3v) is 2.48. The summed E-state index contributed by atoms with van der Waals surface area (Å²) in [5.74, 6) is 0.397. The van der Waals surface area contributed by atoms with Crippen LogP contribution in [0.2, 0.25) is 0 Å². The highest BCUT2D eigenvalue weighted by atomic mass is 35.5. The van der Waals surface area contributed by atoms with Gasteiger partial charge in [0.15, 0.2) is 5.82 Å². The molecule has 0 aliphatic heterocycles. The minimum Gasteiger partial charge on any atom is -0.365 e. The maximum Gasteiger partial charge on any atom is 0.293 e. The van der Waals surface area contributed by atoms with E-state index in [9.17, 15) is 4.79 Å². The molecule has 0 spiro atoms. The average Bonchev–Trinajstić information content (AvgIpc) is 2.19. The quantitative estimate of drug-likeness (QED) is 0.807. The molecule has 1 unspecified atom stereocenters. The van der Waals surface area contributed by atoms with Crippen LogP contribution in [-0.2, 0) is 0 Å². The van der Waals surface area contributed by atoms with Crippen LogP contribution in [0.25, 0.3) is 0 Å². The van der Waals surface area contributed by atoms with Crippen LogP contribution >= 0.6 is 11.6 Å². The van der Waals surface area contributed by atoms with E-state index < -0.39 is 0 Å². The summed E-state index contributed by atoms with van der Waals surface area (Å²) < 4.78 is 1.65. The van der Waals surface area contributed by atoms with Gasteiger partial charge in [0.25, 0.3) is 5.56 Å². The fourth-order valence-electron chi connectivity index (χ4n) is 1.34. The van der Waals surface area contributed by atoms with Crippen LogP contribution in [0.3, 0.4) is 0 Å². The van der Waals surface area contributed by atoms with E-state index in [0.29, 0.717) is 12.4 Å². The van der Waals surface area contributed by atoms with Crippen molar-refractivity contribution >= 4 is 17.4 Å². The summed E-state index contributed by atoms with van der Waals surface area (Å²) in [5.41, 5.74) is -0.0836. The molecular formula is C11H18ClN3O. The van der Waals surface area contributed by atoms with Crippen molar-refractivity contribution in [2.45, 2.75) is 38.6 Å². The van der Waals surface area contributed by atoms with Gasteiger partial charge in [0.2, 0.25) is 0 Å². The van der Waals surface area contributed by atoms with Crippen LogP contribution < -0.4 is 10.9 Å². The number of alkyl halides is 1. The zero-order chi connectivity index (χ0) is 12.1. The van der Waals surface area contributed by atoms with E-state index in [1.165, 1.54) is 0 Å². The molecule has 0 aromatic carbocycles. The molecule has 1 aromatic heterocycles. The molecule has 16 heavy (non-hydrogen) atoms. The second kappa shape index (κ2) is 5.89. The summed E-state index contributed by atoms with van der Waals surface area (Å²) in [5, 5.41) is 3.11. The third-order valence-electron chi connectivity index (χ3n) is 2.26. The highest BCUT2D eigenvalue weighted by molar-refractivity contribution is 6.20. The van der Waals surface area contributed by atoms with Gasteiger partial charge in [-0.05, 0) is 27.2 Å². The molecule has 0 fully saturated rings. The van der Waals surface area contributed by atoms with Crippen molar-refractivity contribution in [1.82, 2.24) is 9.55 Å². The van der Waals surface area contributed by atoms with Gasteiger partial charge in [-0.1, -0.05) is 0 Å². The number of nitrogens with one attached hydrogen (secondary N) is 1. The van der Waals surface area contributed by atoms with Crippen LogP contribution in [0.4, 0.5) is 5.82 Å². The normalized spacial score (nSPS) is 12.8. The number of anilines is 1. The number of hydrogen-bond donors (Lipinski definition) is 1. The van der Waals surface area contributed by atoms with E-state index in [0.717, 1.165) is 6.42 Å². The molecule has 5 heteroatoms. The highest BCUT2D eigenvalue weighted by Gasteiger charge is 2.06. The first-order valence-corrected chi connectivity index (χ1v) is 5.91. The van der Waals surface area contributed by atoms with Gasteiger partial charge in [-0.25, -0.2) is 4.98 Å². The zero-order valence-corrected chi connectivity index (χ0v) is 10.7. The first-order chi connectivity index (χ1) is 7.52. The largest absolute Gasteiger partial charge is 0.365 e. The summed E-state index contributed by atoms with van der Waals surface area (Å²) in [4.78, 5) is 15.9. The van der Waals surface area contributed by atoms with Gasteiger partial charge in [0.05, 0.1) is 0 Å². The number of halogens is 1. The van der Waals surface area contributed by atoms with Crippen LogP contribution in [-0.4, -0.2) is 21.5 Å². The van der Waals surface area contributed by atoms with E-state index >= 15 is 0 Å². The summed E-state index contributed by atoms with van der Waals surface area (Å²) in [6.45, 7) is 6.51. The summed E-state index contributed by atoms with van der Waals surface area (Å²) in [6.07, 6.45) is 4.13. The van der Waals surface area contributed by atoms with Crippen molar-refractivity contribution in [3.05, 3.63) is 22.7 Å². The molecule has 0 amide bonds. The Morgan fingerprint density at radius 2 is 2.19 bits per heavy atom. The lowest BCUT2D eigenvalue weighted by Crippen LogP contribution is -2.26. The SMILES string of the molecule is CC(Cl)CCNc1nccn(C(C)C)c1=O. The van der Waals surface area contributed by atoms with Crippen LogP contribution in [0.5, 0.6) is 0 Å². The fraction of sp³-hybridized carbons (Fsp3) is 0.636. The second-order valence-corrected chi connectivity index (χ2v) is 4.82. The topological polar surface area (TPSA) is 46.9 Å². The van der Waals surface area contributed by atoms with Gasteiger partial charge in [-0.2, -0.15) is 0 Å². The molecule has 0 aliphatic rings. The predicted molar refractivity (Wildman–Crippen MR) is 67.3 cm³/mol. The smallest absolute Gasteiger partial charge is 0.293 e. The maximum atomic E-state index is 11.9. The van der Waals surface area contributed by atoms with Gasteiger partial charge in [0.1, 0.15) is 0 Å². The Morgan fingerprint density at radius 1 is 1.50 bits per heavy atom. The fourth-order valence-corrected chi connectivity index (χ4v) is 1.45. The maximum absolute atomic E-state index is 11.9. The highest BCUT2D eigenvalue weighted by Crippen LogP contribution is 2.03. The molecule has 0 saturated carbocycles. The summed E-state index contributed by atoms with van der Waals surface area (Å²) >= 11 is 5.82. The Hall–Kier alpha value is -1.03. The molecule has 1 atom stereocenters. The Morgan fingerprint density at radius 3 is 2.75 bits per heavy atom. The minimum absolute atomic E-state index is 0.0836. The van der Waals surface area contributed by atoms with E-state index in [1.807, 2.05) is 20.8 Å². The molecule has 0 saturated heterocycles. The Bertz CT molecular complexity index is 387. The molecule has 1 N–H and O–H groups in total. The first kappa shape index (κ1) is 13.0. The molecule has 0 radical (unpaired) electrons. The number of rotatable bonds is 5. The van der Waals surface area contributed by atoms with Crippen LogP contribution in [0.1, 0.15) is 33.2 Å². The van der Waals surface area contributed by atoms with Gasteiger partial charge >= 0.3 is 0 Å². The third kappa shape index (κ3) is 3.52. The Kier molecular flexibility index (Phi) is 4.80. The lowest BCUT2D eigenvalue weighted by Gasteiger charge is -2.11. The van der Waals surface area contributed by atoms with Crippen molar-refractivity contribution in [1.29, 1.82) is 0 Å². The zero-order valence-electron chi connectivity index (χ0n) is 9.90. The molecule has 1 aromatic rings. The Balaban J connectivity index is 2.74.